The summed E-state index contributed by atoms with van der Waals surface area (Å²) in [5, 5.41) is 0.346. The Morgan fingerprint density at radius 2 is 1.67 bits per heavy atom. The molecular weight excluding hydrogens is 390 g/mol. The van der Waals surface area contributed by atoms with E-state index >= 15 is 0 Å². The van der Waals surface area contributed by atoms with Crippen molar-refractivity contribution in [1.29, 1.82) is 0 Å². The molecule has 1 N–H and O–H groups in total. The van der Waals surface area contributed by atoms with Gasteiger partial charge in [-0.3, -0.25) is 4.72 Å². The third-order valence-electron chi connectivity index (χ3n) is 4.02. The normalized spacial score (nSPS) is 11.4. The fourth-order valence-corrected chi connectivity index (χ4v) is 4.21. The molecular formula is C18H18ClN3O4S. The number of benzene rings is 2. The van der Waals surface area contributed by atoms with Crippen LogP contribution in [0.3, 0.4) is 0 Å². The minimum Gasteiger partial charge on any atom is -0.493 e. The molecule has 2 aromatic carbocycles. The van der Waals surface area contributed by atoms with Crippen molar-refractivity contribution in [2.24, 2.45) is 0 Å². The molecule has 0 bridgehead atoms. The number of fused-ring (bicyclic) bond motifs is 1. The Morgan fingerprint density at radius 3 is 2.30 bits per heavy atom. The van der Waals surface area contributed by atoms with E-state index in [1.54, 1.807) is 37.3 Å². The van der Waals surface area contributed by atoms with E-state index in [0.717, 1.165) is 5.56 Å². The predicted molar refractivity (Wildman–Crippen MR) is 104 cm³/mol. The van der Waals surface area contributed by atoms with Crippen LogP contribution in [0.15, 0.2) is 35.2 Å². The maximum Gasteiger partial charge on any atom is 0.263 e. The average molecular weight is 408 g/mol. The van der Waals surface area contributed by atoms with Gasteiger partial charge in [0.1, 0.15) is 0 Å². The molecule has 0 fully saturated rings. The number of sulfonamides is 1. The van der Waals surface area contributed by atoms with Crippen LogP contribution in [0.1, 0.15) is 11.1 Å². The lowest BCUT2D eigenvalue weighted by atomic mass is 10.2. The van der Waals surface area contributed by atoms with Crippen LogP contribution in [0, 0.1) is 13.8 Å². The number of anilines is 1. The second-order valence-corrected chi connectivity index (χ2v) is 7.93. The molecule has 7 nitrogen and oxygen atoms in total. The minimum absolute atomic E-state index is 0.0610. The maximum absolute atomic E-state index is 12.9. The molecule has 1 heterocycles. The summed E-state index contributed by atoms with van der Waals surface area (Å²) in [6.45, 7) is 3.63. The number of aryl methyl sites for hydroxylation is 2. The molecule has 3 aromatic rings. The number of hydrogen-bond acceptors (Lipinski definition) is 6. The summed E-state index contributed by atoms with van der Waals surface area (Å²) in [5.74, 6) is 0.928. The van der Waals surface area contributed by atoms with Gasteiger partial charge in [-0.15, -0.1) is 0 Å². The summed E-state index contributed by atoms with van der Waals surface area (Å²) in [6.07, 6.45) is 0. The molecule has 0 aliphatic rings. The highest BCUT2D eigenvalue weighted by Crippen LogP contribution is 2.35. The fourth-order valence-electron chi connectivity index (χ4n) is 2.79. The fraction of sp³-hybridized carbons (Fsp3) is 0.222. The molecule has 0 saturated heterocycles. The van der Waals surface area contributed by atoms with Crippen LogP contribution in [0.4, 0.5) is 5.82 Å². The number of nitrogens with zero attached hydrogens (tertiary/aromatic N) is 2. The number of ether oxygens (including phenoxy) is 2. The van der Waals surface area contributed by atoms with Gasteiger partial charge in [-0.05, 0) is 43.1 Å². The minimum atomic E-state index is -3.88. The van der Waals surface area contributed by atoms with Gasteiger partial charge in [0.05, 0.1) is 24.6 Å². The van der Waals surface area contributed by atoms with Gasteiger partial charge in [0.2, 0.25) is 5.28 Å². The van der Waals surface area contributed by atoms with E-state index in [1.807, 2.05) is 6.92 Å². The summed E-state index contributed by atoms with van der Waals surface area (Å²) in [6, 6.07) is 8.30. The van der Waals surface area contributed by atoms with Crippen molar-refractivity contribution in [3.63, 3.8) is 0 Å². The summed E-state index contributed by atoms with van der Waals surface area (Å²) < 4.78 is 38.8. The van der Waals surface area contributed by atoms with E-state index in [2.05, 4.69) is 14.7 Å². The topological polar surface area (TPSA) is 90.4 Å². The molecule has 0 unspecified atom stereocenters. The van der Waals surface area contributed by atoms with Crippen molar-refractivity contribution < 1.29 is 17.9 Å². The van der Waals surface area contributed by atoms with Gasteiger partial charge in [0.15, 0.2) is 17.3 Å². The van der Waals surface area contributed by atoms with E-state index in [0.29, 0.717) is 28.0 Å². The Labute approximate surface area is 162 Å². The molecule has 0 aliphatic carbocycles. The van der Waals surface area contributed by atoms with E-state index in [9.17, 15) is 8.42 Å². The van der Waals surface area contributed by atoms with Crippen LogP contribution in [-0.4, -0.2) is 32.6 Å². The molecule has 0 amide bonds. The van der Waals surface area contributed by atoms with E-state index in [-0.39, 0.29) is 16.0 Å². The van der Waals surface area contributed by atoms with Crippen LogP contribution in [0.25, 0.3) is 10.9 Å². The third kappa shape index (κ3) is 3.77. The predicted octanol–water partition coefficient (Wildman–Crippen LogP) is 3.72. The van der Waals surface area contributed by atoms with Crippen LogP contribution in [0.2, 0.25) is 5.28 Å². The second kappa shape index (κ2) is 7.21. The zero-order chi connectivity index (χ0) is 19.8. The highest BCUT2D eigenvalue weighted by atomic mass is 35.5. The first-order chi connectivity index (χ1) is 12.7. The molecule has 27 heavy (non-hydrogen) atoms. The largest absolute Gasteiger partial charge is 0.493 e. The second-order valence-electron chi connectivity index (χ2n) is 5.94. The van der Waals surface area contributed by atoms with Crippen molar-refractivity contribution in [2.75, 3.05) is 18.9 Å². The van der Waals surface area contributed by atoms with E-state index in [1.165, 1.54) is 14.2 Å². The Kier molecular flexibility index (Phi) is 5.12. The first-order valence-corrected chi connectivity index (χ1v) is 9.80. The van der Waals surface area contributed by atoms with Crippen molar-refractivity contribution in [3.05, 3.63) is 46.7 Å². The number of rotatable bonds is 5. The number of methoxy groups -OCH3 is 2. The maximum atomic E-state index is 12.9. The van der Waals surface area contributed by atoms with Crippen molar-refractivity contribution >= 4 is 38.3 Å². The van der Waals surface area contributed by atoms with Crippen LogP contribution in [-0.2, 0) is 10.0 Å². The summed E-state index contributed by atoms with van der Waals surface area (Å²) >= 11 is 5.99. The van der Waals surface area contributed by atoms with Gasteiger partial charge in [-0.2, -0.15) is 4.98 Å². The van der Waals surface area contributed by atoms with Crippen molar-refractivity contribution in [3.8, 4) is 11.5 Å². The quantitative estimate of drug-likeness (QED) is 0.648. The molecule has 0 radical (unpaired) electrons. The zero-order valence-corrected chi connectivity index (χ0v) is 16.8. The molecule has 0 saturated carbocycles. The molecule has 1 aromatic heterocycles. The van der Waals surface area contributed by atoms with Gasteiger partial charge >= 0.3 is 0 Å². The Hall–Kier alpha value is -2.58. The monoisotopic (exact) mass is 407 g/mol. The molecule has 0 atom stereocenters. The van der Waals surface area contributed by atoms with Gasteiger partial charge in [0.25, 0.3) is 10.0 Å². The number of aromatic nitrogens is 2. The Bertz CT molecular complexity index is 1130. The summed E-state index contributed by atoms with van der Waals surface area (Å²) in [5.41, 5.74) is 2.02. The standard InChI is InChI=1S/C18H18ClN3O4S/c1-10-5-6-16(11(2)7-10)27(23,24)22-17-12-8-14(25-3)15(26-4)9-13(12)20-18(19)21-17/h5-9H,1-4H3,(H,20,21,22). The lowest BCUT2D eigenvalue weighted by Crippen LogP contribution is -2.16. The molecule has 142 valence electrons. The van der Waals surface area contributed by atoms with Gasteiger partial charge in [-0.1, -0.05) is 17.7 Å². The molecule has 0 aliphatic heterocycles. The van der Waals surface area contributed by atoms with Crippen LogP contribution >= 0.6 is 11.6 Å². The lowest BCUT2D eigenvalue weighted by molar-refractivity contribution is 0.356. The van der Waals surface area contributed by atoms with E-state index < -0.39 is 10.0 Å². The first-order valence-electron chi connectivity index (χ1n) is 7.94. The molecule has 0 spiro atoms. The van der Waals surface area contributed by atoms with Crippen molar-refractivity contribution in [1.82, 2.24) is 9.97 Å². The molecule has 3 rings (SSSR count). The number of nitrogens with one attached hydrogen (secondary N) is 1. The Balaban J connectivity index is 2.16. The Morgan fingerprint density at radius 1 is 1.00 bits per heavy atom. The molecule has 9 heteroatoms. The van der Waals surface area contributed by atoms with Crippen molar-refractivity contribution in [2.45, 2.75) is 18.7 Å². The van der Waals surface area contributed by atoms with Gasteiger partial charge in [0, 0.05) is 11.5 Å². The number of halogens is 1. The van der Waals surface area contributed by atoms with Gasteiger partial charge in [-0.25, -0.2) is 13.4 Å². The van der Waals surface area contributed by atoms with Crippen LogP contribution < -0.4 is 14.2 Å². The highest BCUT2D eigenvalue weighted by Gasteiger charge is 2.21. The SMILES string of the molecule is COc1cc2nc(Cl)nc(NS(=O)(=O)c3ccc(C)cc3C)c2cc1OC. The lowest BCUT2D eigenvalue weighted by Gasteiger charge is -2.14. The summed E-state index contributed by atoms with van der Waals surface area (Å²) in [4.78, 5) is 8.36. The highest BCUT2D eigenvalue weighted by molar-refractivity contribution is 7.92. The van der Waals surface area contributed by atoms with Gasteiger partial charge < -0.3 is 9.47 Å². The first kappa shape index (κ1) is 19.2. The van der Waals surface area contributed by atoms with Crippen LogP contribution in [0.5, 0.6) is 11.5 Å². The smallest absolute Gasteiger partial charge is 0.263 e. The third-order valence-corrected chi connectivity index (χ3v) is 5.69. The summed E-state index contributed by atoms with van der Waals surface area (Å²) in [7, 11) is -0.893. The average Bonchev–Trinajstić information content (AvgIpc) is 2.59. The van der Waals surface area contributed by atoms with E-state index in [4.69, 9.17) is 21.1 Å². The number of hydrogen-bond donors (Lipinski definition) is 1. The zero-order valence-electron chi connectivity index (χ0n) is 15.2.